The molecule has 0 aliphatic carbocycles. The molecule has 7 heteroatoms. The molecule has 0 saturated carbocycles. The van der Waals surface area contributed by atoms with Gasteiger partial charge >= 0.3 is 0 Å². The number of rotatable bonds is 0. The normalized spacial score (nSPS) is 24.9. The van der Waals surface area contributed by atoms with Crippen molar-refractivity contribution in [3.63, 3.8) is 0 Å². The van der Waals surface area contributed by atoms with Crippen LogP contribution in [-0.4, -0.2) is 37.9 Å². The van der Waals surface area contributed by atoms with Crippen LogP contribution in [0.15, 0.2) is 24.3 Å². The van der Waals surface area contributed by atoms with Gasteiger partial charge in [-0.15, -0.1) is 0 Å². The lowest BCUT2D eigenvalue weighted by molar-refractivity contribution is -0.140. The van der Waals surface area contributed by atoms with E-state index in [9.17, 15) is 4.79 Å². The molecule has 1 unspecified atom stereocenters. The zero-order valence-corrected chi connectivity index (χ0v) is 14.7. The number of hydrogen-bond donors (Lipinski definition) is 0. The predicted molar refractivity (Wildman–Crippen MR) is 92.3 cm³/mol. The second-order valence-electron chi connectivity index (χ2n) is 7.12. The average Bonchev–Trinajstić information content (AvgIpc) is 3.34. The molecule has 0 aromatic heterocycles. The molecular formula is C20H17NO6. The van der Waals surface area contributed by atoms with E-state index >= 15 is 0 Å². The number of benzene rings is 2. The summed E-state index contributed by atoms with van der Waals surface area (Å²) in [5, 5.41) is 0. The van der Waals surface area contributed by atoms with Crippen molar-refractivity contribution in [3.05, 3.63) is 46.5 Å². The lowest BCUT2D eigenvalue weighted by Gasteiger charge is -2.46. The zero-order chi connectivity index (χ0) is 18.2. The van der Waals surface area contributed by atoms with Gasteiger partial charge < -0.3 is 23.7 Å². The molecule has 4 aliphatic rings. The largest absolute Gasteiger partial charge is 0.454 e. The van der Waals surface area contributed by atoms with Crippen molar-refractivity contribution in [3.8, 4) is 23.0 Å². The summed E-state index contributed by atoms with van der Waals surface area (Å²) >= 11 is 0. The molecule has 1 spiro atoms. The second-order valence-corrected chi connectivity index (χ2v) is 7.12. The van der Waals surface area contributed by atoms with E-state index in [2.05, 4.69) is 0 Å². The van der Waals surface area contributed by atoms with Gasteiger partial charge in [0, 0.05) is 23.2 Å². The highest BCUT2D eigenvalue weighted by Gasteiger charge is 2.53. The van der Waals surface area contributed by atoms with E-state index < -0.39 is 5.72 Å². The maximum absolute atomic E-state index is 13.7. The Balaban J connectivity index is 1.55. The topological polar surface area (TPSA) is 66.5 Å². The summed E-state index contributed by atoms with van der Waals surface area (Å²) in [5.41, 5.74) is 2.07. The number of Topliss-reactive ketones (excluding diaryl/α,β-unsaturated/α-hetero) is 1. The van der Waals surface area contributed by atoms with E-state index in [1.165, 1.54) is 0 Å². The van der Waals surface area contributed by atoms with E-state index in [1.54, 1.807) is 6.07 Å². The van der Waals surface area contributed by atoms with Gasteiger partial charge in [-0.3, -0.25) is 9.69 Å². The van der Waals surface area contributed by atoms with Gasteiger partial charge in [0.25, 0.3) is 0 Å². The Kier molecular flexibility index (Phi) is 2.92. The molecule has 27 heavy (non-hydrogen) atoms. The van der Waals surface area contributed by atoms with Gasteiger partial charge in [-0.05, 0) is 43.3 Å². The van der Waals surface area contributed by atoms with Crippen LogP contribution in [0.3, 0.4) is 0 Å². The molecule has 0 radical (unpaired) electrons. The first-order valence-electron chi connectivity index (χ1n) is 8.93. The first-order valence-corrected chi connectivity index (χ1v) is 8.93. The summed E-state index contributed by atoms with van der Waals surface area (Å²) in [6.07, 6.45) is 0.814. The lowest BCUT2D eigenvalue weighted by Crippen LogP contribution is -2.57. The van der Waals surface area contributed by atoms with E-state index in [0.717, 1.165) is 28.9 Å². The van der Waals surface area contributed by atoms with Crippen LogP contribution in [0, 0.1) is 0 Å². The maximum Gasteiger partial charge on any atom is 0.231 e. The van der Waals surface area contributed by atoms with Crippen LogP contribution < -0.4 is 18.9 Å². The summed E-state index contributed by atoms with van der Waals surface area (Å²) in [7, 11) is 1.92. The summed E-state index contributed by atoms with van der Waals surface area (Å²) in [6.45, 7) is 1.34. The summed E-state index contributed by atoms with van der Waals surface area (Å²) in [5.74, 6) is 2.54. The van der Waals surface area contributed by atoms with Gasteiger partial charge in [-0.25, -0.2) is 0 Å². The molecule has 0 bridgehead atoms. The van der Waals surface area contributed by atoms with Crippen LogP contribution in [0.5, 0.6) is 23.0 Å². The van der Waals surface area contributed by atoms with Crippen LogP contribution in [0.1, 0.15) is 27.0 Å². The minimum atomic E-state index is -1.17. The Hall–Kier alpha value is -2.77. The molecule has 0 fully saturated rings. The number of carbonyl (C=O) groups excluding carboxylic acids is 1. The van der Waals surface area contributed by atoms with Crippen molar-refractivity contribution in [1.29, 1.82) is 0 Å². The first-order chi connectivity index (χ1) is 13.2. The number of ketones is 1. The van der Waals surface area contributed by atoms with Gasteiger partial charge in [-0.2, -0.15) is 0 Å². The Morgan fingerprint density at radius 1 is 1.00 bits per heavy atom. The lowest BCUT2D eigenvalue weighted by atomic mass is 9.81. The summed E-state index contributed by atoms with van der Waals surface area (Å²) in [6, 6.07) is 7.47. The van der Waals surface area contributed by atoms with Crippen molar-refractivity contribution >= 4 is 5.78 Å². The molecule has 138 valence electrons. The van der Waals surface area contributed by atoms with Gasteiger partial charge in [0.2, 0.25) is 25.1 Å². The van der Waals surface area contributed by atoms with Gasteiger partial charge in [0.15, 0.2) is 23.0 Å². The van der Waals surface area contributed by atoms with Crippen molar-refractivity contribution < 1.29 is 28.5 Å². The van der Waals surface area contributed by atoms with Gasteiger partial charge in [-0.1, -0.05) is 0 Å². The molecule has 4 aliphatic heterocycles. The van der Waals surface area contributed by atoms with Crippen molar-refractivity contribution in [1.82, 2.24) is 4.90 Å². The Morgan fingerprint density at radius 3 is 2.67 bits per heavy atom. The Labute approximate surface area is 155 Å². The fraction of sp³-hybridized carbons (Fsp3) is 0.350. The van der Waals surface area contributed by atoms with E-state index in [-0.39, 0.29) is 26.0 Å². The minimum absolute atomic E-state index is 0.0932. The fourth-order valence-electron chi connectivity index (χ4n) is 4.45. The molecule has 0 N–H and O–H groups in total. The quantitative estimate of drug-likeness (QED) is 0.707. The van der Waals surface area contributed by atoms with E-state index in [4.69, 9.17) is 23.7 Å². The highest BCUT2D eigenvalue weighted by Crippen LogP contribution is 2.49. The van der Waals surface area contributed by atoms with Crippen molar-refractivity contribution in [2.24, 2.45) is 0 Å². The van der Waals surface area contributed by atoms with Crippen LogP contribution in [0.4, 0.5) is 0 Å². The monoisotopic (exact) mass is 367 g/mol. The Morgan fingerprint density at radius 2 is 1.78 bits per heavy atom. The summed E-state index contributed by atoms with van der Waals surface area (Å²) < 4.78 is 28.4. The molecular weight excluding hydrogens is 350 g/mol. The van der Waals surface area contributed by atoms with Crippen molar-refractivity contribution in [2.45, 2.75) is 18.8 Å². The maximum atomic E-state index is 13.7. The predicted octanol–water partition coefficient (Wildman–Crippen LogP) is 2.20. The van der Waals surface area contributed by atoms with Gasteiger partial charge in [0.1, 0.15) is 0 Å². The number of carbonyl (C=O) groups is 1. The Bertz CT molecular complexity index is 1000. The molecule has 2 aromatic carbocycles. The second kappa shape index (κ2) is 5.15. The van der Waals surface area contributed by atoms with Crippen LogP contribution >= 0.6 is 0 Å². The SMILES string of the molecule is CN1CCc2cc3c(cc2C12OCc1c(ccc4c1OCO4)C2=O)OCO3. The van der Waals surface area contributed by atoms with E-state index in [0.29, 0.717) is 29.4 Å². The number of ether oxygens (including phenoxy) is 5. The fourth-order valence-corrected chi connectivity index (χ4v) is 4.45. The molecule has 0 saturated heterocycles. The minimum Gasteiger partial charge on any atom is -0.454 e. The van der Waals surface area contributed by atoms with Crippen LogP contribution in [-0.2, 0) is 23.5 Å². The third-order valence-electron chi connectivity index (χ3n) is 5.84. The average molecular weight is 367 g/mol. The highest BCUT2D eigenvalue weighted by atomic mass is 16.7. The smallest absolute Gasteiger partial charge is 0.231 e. The molecule has 6 rings (SSSR count). The molecule has 2 aromatic rings. The van der Waals surface area contributed by atoms with Gasteiger partial charge in [0.05, 0.1) is 6.61 Å². The van der Waals surface area contributed by atoms with Crippen LogP contribution in [0.25, 0.3) is 0 Å². The van der Waals surface area contributed by atoms with Crippen LogP contribution in [0.2, 0.25) is 0 Å². The molecule has 0 amide bonds. The third kappa shape index (κ3) is 1.85. The number of likely N-dealkylation sites (N-methyl/N-ethyl adjacent to an activating group) is 1. The third-order valence-corrected chi connectivity index (χ3v) is 5.84. The van der Waals surface area contributed by atoms with E-state index in [1.807, 2.05) is 30.1 Å². The molecule has 4 heterocycles. The zero-order valence-electron chi connectivity index (χ0n) is 14.7. The molecule has 1 atom stereocenters. The highest BCUT2D eigenvalue weighted by molar-refractivity contribution is 6.05. The number of nitrogens with zero attached hydrogens (tertiary/aromatic N) is 1. The summed E-state index contributed by atoms with van der Waals surface area (Å²) in [4.78, 5) is 15.7. The number of hydrogen-bond acceptors (Lipinski definition) is 7. The van der Waals surface area contributed by atoms with Crippen molar-refractivity contribution in [2.75, 3.05) is 27.2 Å². The molecule has 7 nitrogen and oxygen atoms in total. The number of fused-ring (bicyclic) bond motifs is 6. The first kappa shape index (κ1) is 15.3. The standard InChI is InChI=1S/C20H17NO6/c1-21-5-4-11-6-16-17(25-9-24-16)7-14(11)20(21)19(22)12-2-3-15-18(26-10-23-15)13(12)8-27-20/h2-3,6-7H,4-5,8-10H2,1H3.